The molecule has 0 N–H and O–H groups in total. The van der Waals surface area contributed by atoms with Crippen LogP contribution in [0.3, 0.4) is 0 Å². The second kappa shape index (κ2) is 8.27. The van der Waals surface area contributed by atoms with Crippen LogP contribution < -0.4 is 10.6 Å². The van der Waals surface area contributed by atoms with Gasteiger partial charge in [0.25, 0.3) is 0 Å². The molecule has 2 aliphatic heterocycles. The number of hydrogen-bond acceptors (Lipinski definition) is 1. The smallest absolute Gasteiger partial charge is 0.122 e. The summed E-state index contributed by atoms with van der Waals surface area (Å²) in [5, 5.41) is 2.85. The van der Waals surface area contributed by atoms with E-state index in [-0.39, 0.29) is 7.92 Å². The third-order valence-electron chi connectivity index (χ3n) is 6.96. The van der Waals surface area contributed by atoms with Crippen molar-refractivity contribution in [3.05, 3.63) is 24.3 Å². The minimum atomic E-state index is -2.29. The van der Waals surface area contributed by atoms with Crippen molar-refractivity contribution in [2.24, 2.45) is 0 Å². The zero-order chi connectivity index (χ0) is 18.0. The van der Waals surface area contributed by atoms with Crippen LogP contribution >= 0.6 is 15.1 Å². The predicted molar refractivity (Wildman–Crippen MR) is 115 cm³/mol. The molecule has 0 amide bonds. The third kappa shape index (κ3) is 3.30. The largest absolute Gasteiger partial charge is 0.318 e. The van der Waals surface area contributed by atoms with Crippen molar-refractivity contribution in [2.45, 2.75) is 102 Å². The summed E-state index contributed by atoms with van der Waals surface area (Å²) in [7, 11) is -2.45. The highest BCUT2D eigenvalue weighted by atomic mass is 31.2. The highest BCUT2D eigenvalue weighted by molar-refractivity contribution is 7.77. The fourth-order valence-corrected chi connectivity index (χ4v) is 14.3. The Morgan fingerprint density at radius 1 is 0.840 bits per heavy atom. The summed E-state index contributed by atoms with van der Waals surface area (Å²) in [5.74, 6) is 0. The van der Waals surface area contributed by atoms with E-state index < -0.39 is 7.14 Å². The monoisotopic (exact) mass is 378 g/mol. The van der Waals surface area contributed by atoms with Crippen molar-refractivity contribution >= 4 is 25.7 Å². The van der Waals surface area contributed by atoms with Gasteiger partial charge in [-0.15, -0.1) is 0 Å². The average molecular weight is 378 g/mol. The lowest BCUT2D eigenvalue weighted by molar-refractivity contribution is 0.569. The fraction of sp³-hybridized carbons (Fsp3) is 0.727. The molecule has 2 saturated heterocycles. The summed E-state index contributed by atoms with van der Waals surface area (Å²) in [6, 6.07) is 9.01. The Hall–Kier alpha value is -0.120. The van der Waals surface area contributed by atoms with E-state index in [9.17, 15) is 4.57 Å². The lowest BCUT2D eigenvalue weighted by Crippen LogP contribution is -2.32. The van der Waals surface area contributed by atoms with Crippen LogP contribution in [0.2, 0.25) is 0 Å². The van der Waals surface area contributed by atoms with E-state index in [4.69, 9.17) is 0 Å². The molecular weight excluding hydrogens is 342 g/mol. The molecule has 3 heteroatoms. The van der Waals surface area contributed by atoms with Crippen LogP contribution in [0.1, 0.15) is 79.1 Å². The summed E-state index contributed by atoms with van der Waals surface area (Å²) in [6.45, 7) is 9.23. The molecule has 140 valence electrons. The van der Waals surface area contributed by atoms with Crippen LogP contribution in [-0.2, 0) is 4.57 Å². The van der Waals surface area contributed by atoms with Gasteiger partial charge < -0.3 is 4.57 Å². The maximum atomic E-state index is 14.5. The molecule has 0 radical (unpaired) electrons. The first-order valence-electron chi connectivity index (χ1n) is 10.6. The molecule has 1 nitrogen and oxygen atoms in total. The minimum absolute atomic E-state index is 0.156. The molecule has 1 aromatic rings. The van der Waals surface area contributed by atoms with Crippen molar-refractivity contribution in [1.29, 1.82) is 0 Å². The summed E-state index contributed by atoms with van der Waals surface area (Å²) in [4.78, 5) is 0. The van der Waals surface area contributed by atoms with Gasteiger partial charge in [0.05, 0.1) is 0 Å². The zero-order valence-electron chi connectivity index (χ0n) is 16.6. The summed E-state index contributed by atoms with van der Waals surface area (Å²) >= 11 is 0. The Morgan fingerprint density at radius 2 is 1.36 bits per heavy atom. The molecule has 0 aromatic heterocycles. The van der Waals surface area contributed by atoms with Crippen molar-refractivity contribution in [3.8, 4) is 0 Å². The molecule has 3 rings (SSSR count). The van der Waals surface area contributed by atoms with Crippen molar-refractivity contribution in [2.75, 3.05) is 0 Å². The predicted octanol–water partition coefficient (Wildman–Crippen LogP) is 6.48. The topological polar surface area (TPSA) is 17.1 Å². The second-order valence-corrected chi connectivity index (χ2v) is 14.1. The van der Waals surface area contributed by atoms with Crippen LogP contribution in [0.25, 0.3) is 0 Å². The molecule has 0 bridgehead atoms. The average Bonchev–Trinajstić information content (AvgIpc) is 3.22. The van der Waals surface area contributed by atoms with Crippen LogP contribution in [0.5, 0.6) is 0 Å². The Balaban J connectivity index is 2.11. The van der Waals surface area contributed by atoms with Gasteiger partial charge >= 0.3 is 0 Å². The third-order valence-corrected chi connectivity index (χ3v) is 15.5. The van der Waals surface area contributed by atoms with Gasteiger partial charge in [-0.05, 0) is 68.0 Å². The molecule has 2 heterocycles. The Bertz CT molecular complexity index is 598. The number of rotatable bonds is 6. The second-order valence-electron chi connectivity index (χ2n) is 8.01. The van der Waals surface area contributed by atoms with Crippen LogP contribution in [0, 0.1) is 0 Å². The van der Waals surface area contributed by atoms with Crippen LogP contribution in [0.15, 0.2) is 24.3 Å². The van der Waals surface area contributed by atoms with Gasteiger partial charge in [-0.25, -0.2) is 0 Å². The maximum absolute atomic E-state index is 14.5. The van der Waals surface area contributed by atoms with Crippen molar-refractivity contribution in [3.63, 3.8) is 0 Å². The van der Waals surface area contributed by atoms with Gasteiger partial charge in [0.15, 0.2) is 0 Å². The van der Waals surface area contributed by atoms with E-state index >= 15 is 0 Å². The highest BCUT2D eigenvalue weighted by Gasteiger charge is 2.48. The Kier molecular flexibility index (Phi) is 6.50. The molecular formula is C22H36OP2. The maximum Gasteiger partial charge on any atom is 0.122 e. The lowest BCUT2D eigenvalue weighted by atomic mass is 10.1. The molecule has 0 aliphatic carbocycles. The Labute approximate surface area is 156 Å². The number of benzene rings is 1. The van der Waals surface area contributed by atoms with E-state index in [1.807, 2.05) is 0 Å². The summed E-state index contributed by atoms with van der Waals surface area (Å²) < 4.78 is 14.5. The molecule has 2 aliphatic rings. The minimum Gasteiger partial charge on any atom is -0.318 e. The van der Waals surface area contributed by atoms with E-state index in [2.05, 4.69) is 52.0 Å². The quantitative estimate of drug-likeness (QED) is 0.518. The first kappa shape index (κ1) is 19.6. The van der Waals surface area contributed by atoms with Gasteiger partial charge in [-0.3, -0.25) is 0 Å². The molecule has 0 unspecified atom stereocenters. The van der Waals surface area contributed by atoms with Crippen LogP contribution in [-0.4, -0.2) is 22.6 Å². The number of hydrogen-bond donors (Lipinski definition) is 0. The van der Waals surface area contributed by atoms with E-state index in [0.29, 0.717) is 11.3 Å². The lowest BCUT2D eigenvalue weighted by Gasteiger charge is -2.32. The normalized spacial score (nSPS) is 32.3. The summed E-state index contributed by atoms with van der Waals surface area (Å²) in [5.41, 5.74) is 2.54. The van der Waals surface area contributed by atoms with Gasteiger partial charge in [0.1, 0.15) is 7.14 Å². The zero-order valence-corrected chi connectivity index (χ0v) is 18.4. The van der Waals surface area contributed by atoms with Gasteiger partial charge in [0, 0.05) is 16.6 Å². The fourth-order valence-electron chi connectivity index (χ4n) is 5.54. The van der Waals surface area contributed by atoms with Crippen molar-refractivity contribution in [1.82, 2.24) is 0 Å². The first-order chi connectivity index (χ1) is 12.1. The van der Waals surface area contributed by atoms with E-state index in [0.717, 1.165) is 24.2 Å². The molecule has 1 aromatic carbocycles. The summed E-state index contributed by atoms with van der Waals surface area (Å²) in [6.07, 6.45) is 9.84. The standard InChI is InChI=1S/C22H36OP2/c1-5-17-13-14-18(6-2)24(17)21-11-9-10-12-22(21)25(23)19(7-3)15-16-20(25)8-4/h9-12,17-20H,5-8,13-16H2,1-4H3/t17-,18-,19-,20-/m1/s1. The van der Waals surface area contributed by atoms with Crippen molar-refractivity contribution < 1.29 is 4.57 Å². The van der Waals surface area contributed by atoms with Crippen LogP contribution in [0.4, 0.5) is 0 Å². The van der Waals surface area contributed by atoms with E-state index in [1.165, 1.54) is 49.1 Å². The van der Waals surface area contributed by atoms with Gasteiger partial charge in [0.2, 0.25) is 0 Å². The molecule has 2 fully saturated rings. The van der Waals surface area contributed by atoms with Gasteiger partial charge in [-0.1, -0.05) is 59.9 Å². The highest BCUT2D eigenvalue weighted by Crippen LogP contribution is 2.66. The SMILES string of the molecule is CC[C@@H]1CC[C@@H](CC)P1c1ccccc1P1(=O)[C@H](CC)CC[C@H]1CC. The van der Waals surface area contributed by atoms with E-state index in [1.54, 1.807) is 0 Å². The molecule has 4 atom stereocenters. The molecule has 25 heavy (non-hydrogen) atoms. The molecule has 0 spiro atoms. The van der Waals surface area contributed by atoms with Gasteiger partial charge in [-0.2, -0.15) is 0 Å². The molecule has 0 saturated carbocycles. The Morgan fingerprint density at radius 3 is 1.84 bits per heavy atom. The first-order valence-corrected chi connectivity index (χ1v) is 13.9.